The van der Waals surface area contributed by atoms with Crippen molar-refractivity contribution < 1.29 is 23.5 Å². The Kier molecular flexibility index (Phi) is 7.37. The third-order valence-corrected chi connectivity index (χ3v) is 6.20. The molecule has 0 aromatic heterocycles. The van der Waals surface area contributed by atoms with Crippen molar-refractivity contribution in [2.45, 2.75) is 78.1 Å². The molecule has 0 heterocycles. The number of ketones is 1. The van der Waals surface area contributed by atoms with Crippen LogP contribution in [-0.4, -0.2) is 31.3 Å². The highest BCUT2D eigenvalue weighted by atomic mass is 31.2. The van der Waals surface area contributed by atoms with Crippen LogP contribution < -0.4 is 0 Å². The average Bonchev–Trinajstić information content (AvgIpc) is 2.50. The van der Waals surface area contributed by atoms with Gasteiger partial charge in [-0.05, 0) is 32.9 Å². The molecule has 0 saturated heterocycles. The summed E-state index contributed by atoms with van der Waals surface area (Å²) in [5.41, 5.74) is 1.76. The van der Waals surface area contributed by atoms with Crippen molar-refractivity contribution >= 4 is 13.4 Å². The number of phenols is 1. The maximum Gasteiger partial charge on any atom is 0.327 e. The molecule has 0 spiro atoms. The Labute approximate surface area is 170 Å². The van der Waals surface area contributed by atoms with Crippen molar-refractivity contribution in [1.29, 1.82) is 0 Å². The highest BCUT2D eigenvalue weighted by Crippen LogP contribution is 2.44. The zero-order valence-corrected chi connectivity index (χ0v) is 20.0. The molecule has 5 nitrogen and oxygen atoms in total. The number of phenolic OH excluding ortho intramolecular Hbond substituents is 1. The maximum absolute atomic E-state index is 12.5. The van der Waals surface area contributed by atoms with Gasteiger partial charge >= 0.3 is 7.60 Å². The predicted molar refractivity (Wildman–Crippen MR) is 115 cm³/mol. The summed E-state index contributed by atoms with van der Waals surface area (Å²) in [5, 5.41) is 10.9. The Bertz CT molecular complexity index is 731. The van der Waals surface area contributed by atoms with E-state index in [0.29, 0.717) is 5.75 Å². The van der Waals surface area contributed by atoms with Gasteiger partial charge < -0.3 is 14.2 Å². The number of benzene rings is 1. The van der Waals surface area contributed by atoms with Gasteiger partial charge in [-0.3, -0.25) is 9.36 Å². The van der Waals surface area contributed by atoms with E-state index in [1.165, 1.54) is 13.8 Å². The van der Waals surface area contributed by atoms with E-state index in [4.69, 9.17) is 9.05 Å². The molecule has 0 radical (unpaired) electrons. The van der Waals surface area contributed by atoms with Crippen LogP contribution in [0.5, 0.6) is 5.75 Å². The predicted octanol–water partition coefficient (Wildman–Crippen LogP) is 5.71. The first-order valence-corrected chi connectivity index (χ1v) is 11.6. The number of hydrogen-bond acceptors (Lipinski definition) is 5. The second-order valence-electron chi connectivity index (χ2n) is 10.2. The fourth-order valence-electron chi connectivity index (χ4n) is 3.06. The number of carbonyl (C=O) groups is 1. The van der Waals surface area contributed by atoms with E-state index < -0.39 is 13.0 Å². The van der Waals surface area contributed by atoms with Crippen molar-refractivity contribution in [2.24, 2.45) is 0 Å². The lowest BCUT2D eigenvalue weighted by Crippen LogP contribution is -2.26. The first-order valence-electron chi connectivity index (χ1n) is 9.58. The van der Waals surface area contributed by atoms with Crippen LogP contribution in [0, 0.1) is 0 Å². The normalized spacial score (nSPS) is 15.4. The topological polar surface area (TPSA) is 72.8 Å². The van der Waals surface area contributed by atoms with Gasteiger partial charge in [0.05, 0.1) is 0 Å². The molecule has 1 aromatic rings. The fourth-order valence-corrected chi connectivity index (χ4v) is 3.54. The lowest BCUT2D eigenvalue weighted by molar-refractivity contribution is -0.122. The number of rotatable bonds is 7. The van der Waals surface area contributed by atoms with Crippen molar-refractivity contribution in [2.75, 3.05) is 20.4 Å². The van der Waals surface area contributed by atoms with Crippen LogP contribution in [0.2, 0.25) is 0 Å². The highest BCUT2D eigenvalue weighted by Gasteiger charge is 2.32. The molecule has 0 fully saturated rings. The lowest BCUT2D eigenvalue weighted by atomic mass is 9.73. The smallest absolute Gasteiger partial charge is 0.327 e. The quantitative estimate of drug-likeness (QED) is 0.581. The van der Waals surface area contributed by atoms with Crippen LogP contribution >= 0.6 is 7.60 Å². The molecule has 1 aromatic carbocycles. The van der Waals surface area contributed by atoms with Crippen molar-refractivity contribution in [1.82, 2.24) is 0 Å². The van der Waals surface area contributed by atoms with E-state index in [1.54, 1.807) is 0 Å². The van der Waals surface area contributed by atoms with Crippen molar-refractivity contribution in [3.8, 4) is 5.75 Å². The number of aromatic hydroxyl groups is 1. The molecule has 1 N–H and O–H groups in total. The summed E-state index contributed by atoms with van der Waals surface area (Å²) in [7, 11) is -1.89. The summed E-state index contributed by atoms with van der Waals surface area (Å²) in [4.78, 5) is 12.5. The molecule has 1 rings (SSSR count). The minimum atomic E-state index is -3.19. The summed E-state index contributed by atoms with van der Waals surface area (Å²) in [6, 6.07) is 4.00. The third-order valence-electron chi connectivity index (χ3n) is 4.94. The Morgan fingerprint density at radius 1 is 1.00 bits per heavy atom. The molecule has 28 heavy (non-hydrogen) atoms. The van der Waals surface area contributed by atoms with E-state index in [2.05, 4.69) is 41.5 Å². The van der Waals surface area contributed by atoms with Crippen molar-refractivity contribution in [3.63, 3.8) is 0 Å². The van der Waals surface area contributed by atoms with Gasteiger partial charge in [-0.2, -0.15) is 0 Å². The molecule has 6 heteroatoms. The molecule has 0 bridgehead atoms. The first-order chi connectivity index (χ1) is 12.4. The Morgan fingerprint density at radius 2 is 1.43 bits per heavy atom. The van der Waals surface area contributed by atoms with Gasteiger partial charge in [0.2, 0.25) is 0 Å². The van der Waals surface area contributed by atoms with Crippen LogP contribution in [0.25, 0.3) is 0 Å². The molecule has 0 aliphatic rings. The van der Waals surface area contributed by atoms with E-state index in [0.717, 1.165) is 16.7 Å². The summed E-state index contributed by atoms with van der Waals surface area (Å²) in [5.74, 6) is 0.174. The van der Waals surface area contributed by atoms with Crippen LogP contribution in [0.15, 0.2) is 12.1 Å². The number of hydrogen-bond donors (Lipinski definition) is 1. The van der Waals surface area contributed by atoms with Gasteiger partial charge in [0.1, 0.15) is 12.4 Å². The van der Waals surface area contributed by atoms with Crippen LogP contribution in [0.1, 0.15) is 78.5 Å². The van der Waals surface area contributed by atoms with Crippen LogP contribution in [0.3, 0.4) is 0 Å². The average molecular weight is 413 g/mol. The van der Waals surface area contributed by atoms with Gasteiger partial charge in [0.25, 0.3) is 0 Å². The highest BCUT2D eigenvalue weighted by molar-refractivity contribution is 7.52. The number of carbonyl (C=O) groups excluding carboxylic acids is 1. The molecular formula is C22H37O5P. The van der Waals surface area contributed by atoms with Gasteiger partial charge in [0, 0.05) is 20.2 Å². The third kappa shape index (κ3) is 6.43. The largest absolute Gasteiger partial charge is 0.507 e. The van der Waals surface area contributed by atoms with Crippen molar-refractivity contribution in [3.05, 3.63) is 28.8 Å². The maximum atomic E-state index is 12.5. The molecule has 1 unspecified atom stereocenters. The van der Waals surface area contributed by atoms with E-state index in [-0.39, 0.29) is 29.6 Å². The second kappa shape index (κ2) is 8.30. The minimum Gasteiger partial charge on any atom is -0.507 e. The molecule has 0 saturated carbocycles. The minimum absolute atomic E-state index is 0.146. The van der Waals surface area contributed by atoms with Gasteiger partial charge in [-0.15, -0.1) is 0 Å². The first kappa shape index (κ1) is 24.9. The Balaban J connectivity index is 3.29. The zero-order valence-electron chi connectivity index (χ0n) is 19.1. The number of Topliss-reactive ketones (excluding diaryl/α,β-unsaturated/α-hetero) is 1. The molecule has 160 valence electrons. The molecule has 0 aliphatic heterocycles. The lowest BCUT2D eigenvalue weighted by Gasteiger charge is -2.32. The molecule has 0 amide bonds. The zero-order chi connectivity index (χ0) is 22.1. The van der Waals surface area contributed by atoms with E-state index in [1.807, 2.05) is 26.0 Å². The standard InChI is InChI=1S/C22H37O5P/c1-20(2,3)17-11-15(12-18(19(17)24)21(4,5)6)22(7,8)13-16(23)14-27-28(10,25)26-9/h11-12,24H,13-14H2,1-10H3. The monoisotopic (exact) mass is 412 g/mol. The van der Waals surface area contributed by atoms with Crippen LogP contribution in [-0.2, 0) is 34.7 Å². The molecular weight excluding hydrogens is 375 g/mol. The van der Waals surface area contributed by atoms with Gasteiger partial charge in [-0.1, -0.05) is 67.5 Å². The van der Waals surface area contributed by atoms with E-state index in [9.17, 15) is 14.5 Å². The van der Waals surface area contributed by atoms with Crippen LogP contribution in [0.4, 0.5) is 0 Å². The van der Waals surface area contributed by atoms with E-state index >= 15 is 0 Å². The van der Waals surface area contributed by atoms with Gasteiger partial charge in [-0.25, -0.2) is 0 Å². The molecule has 0 aliphatic carbocycles. The molecule has 1 atom stereocenters. The summed E-state index contributed by atoms with van der Waals surface area (Å²) < 4.78 is 21.8. The summed E-state index contributed by atoms with van der Waals surface area (Å²) >= 11 is 0. The SMILES string of the molecule is COP(C)(=O)OCC(=O)CC(C)(C)c1cc(C(C)(C)C)c(O)c(C(C)(C)C)c1. The van der Waals surface area contributed by atoms with Gasteiger partial charge in [0.15, 0.2) is 5.78 Å². The summed E-state index contributed by atoms with van der Waals surface area (Å²) in [6.07, 6.45) is 0.231. The Morgan fingerprint density at radius 3 is 1.79 bits per heavy atom. The summed E-state index contributed by atoms with van der Waals surface area (Å²) in [6.45, 7) is 17.5. The Hall–Kier alpha value is -1.16. The second-order valence-corrected chi connectivity index (χ2v) is 12.4. The fraction of sp³-hybridized carbons (Fsp3) is 0.682.